The van der Waals surface area contributed by atoms with Gasteiger partial charge in [0.1, 0.15) is 17.6 Å². The van der Waals surface area contributed by atoms with Gasteiger partial charge < -0.3 is 9.47 Å². The van der Waals surface area contributed by atoms with E-state index in [1.165, 1.54) is 92.4 Å². The maximum absolute atomic E-state index is 16.3. The van der Waals surface area contributed by atoms with Gasteiger partial charge in [0.2, 0.25) is 9.84 Å². The summed E-state index contributed by atoms with van der Waals surface area (Å²) in [6.45, 7) is 22.5. The number of terminal acetylenes is 1. The van der Waals surface area contributed by atoms with Crippen molar-refractivity contribution in [1.82, 2.24) is 0 Å². The summed E-state index contributed by atoms with van der Waals surface area (Å²) >= 11 is 0. The molecule has 0 unspecified atom stereocenters. The van der Waals surface area contributed by atoms with Gasteiger partial charge >= 0.3 is 0 Å². The first-order chi connectivity index (χ1) is 55.9. The normalized spacial score (nSPS) is 12.0. The van der Waals surface area contributed by atoms with E-state index in [0.29, 0.717) is 29.5 Å². The van der Waals surface area contributed by atoms with Crippen LogP contribution in [0.25, 0.3) is 119 Å². The van der Waals surface area contributed by atoms with E-state index in [2.05, 4.69) is 256 Å². The molecule has 0 aliphatic carbocycles. The van der Waals surface area contributed by atoms with Crippen LogP contribution in [0.1, 0.15) is 204 Å². The van der Waals surface area contributed by atoms with Gasteiger partial charge in [-0.1, -0.05) is 242 Å². The second-order valence-electron chi connectivity index (χ2n) is 34.1. The van der Waals surface area contributed by atoms with Gasteiger partial charge in [0.15, 0.2) is 9.84 Å². The Bertz CT molecular complexity index is 6720. The van der Waals surface area contributed by atoms with E-state index in [0.717, 1.165) is 189 Å². The van der Waals surface area contributed by atoms with Gasteiger partial charge in [-0.15, -0.1) is 6.42 Å². The number of unbranched alkanes of at least 4 members (excludes halogenated alkanes) is 13. The smallest absolute Gasteiger partial charge is 0.207 e. The lowest BCUT2D eigenvalue weighted by Crippen LogP contribution is -2.13. The van der Waals surface area contributed by atoms with E-state index >= 15 is 8.42 Å². The Morgan fingerprint density at radius 2 is 0.819 bits per heavy atom. The van der Waals surface area contributed by atoms with Gasteiger partial charge in [-0.2, -0.15) is 0 Å². The Kier molecular flexibility index (Phi) is 24.7. The largest absolute Gasteiger partial charge is 0.494 e. The lowest BCUT2D eigenvalue weighted by atomic mass is 9.80. The zero-order chi connectivity index (χ0) is 81.5. The highest BCUT2D eigenvalue weighted by Crippen LogP contribution is 2.50. The number of sulfone groups is 2. The quantitative estimate of drug-likeness (QED) is 0.0201. The van der Waals surface area contributed by atoms with Crippen LogP contribution in [0.4, 0.5) is 0 Å². The molecule has 0 aromatic heterocycles. The summed E-state index contributed by atoms with van der Waals surface area (Å²) in [4.78, 5) is 0.834. The van der Waals surface area contributed by atoms with Crippen LogP contribution < -0.4 is 9.47 Å². The fourth-order valence-corrected chi connectivity index (χ4v) is 19.7. The van der Waals surface area contributed by atoms with Gasteiger partial charge in [-0.3, -0.25) is 0 Å². The third kappa shape index (κ3) is 17.7. The molecule has 14 rings (SSSR count). The Morgan fingerprint density at radius 1 is 0.362 bits per heavy atom. The molecule has 0 atom stereocenters. The molecule has 0 heterocycles. The predicted octanol–water partition coefficient (Wildman–Crippen LogP) is 27.5. The van der Waals surface area contributed by atoms with E-state index in [1.807, 2.05) is 42.5 Å². The van der Waals surface area contributed by atoms with E-state index in [1.54, 1.807) is 6.07 Å². The topological polar surface area (TPSA) is 86.7 Å². The molecule has 14 aromatic rings. The molecule has 0 amide bonds. The number of aryl methyl sites for hydroxylation is 5. The highest BCUT2D eigenvalue weighted by atomic mass is 32.2. The zero-order valence-corrected chi connectivity index (χ0v) is 71.1. The van der Waals surface area contributed by atoms with Crippen molar-refractivity contribution in [3.05, 3.63) is 221 Å². The van der Waals surface area contributed by atoms with Crippen molar-refractivity contribution in [2.45, 2.75) is 223 Å². The molecule has 586 valence electrons. The summed E-state index contributed by atoms with van der Waals surface area (Å²) in [5, 5.41) is 17.6. The van der Waals surface area contributed by atoms with Crippen LogP contribution in [0.3, 0.4) is 0 Å². The summed E-state index contributed by atoms with van der Waals surface area (Å²) < 4.78 is 72.8. The van der Waals surface area contributed by atoms with Crippen molar-refractivity contribution >= 4 is 117 Å². The molecule has 0 saturated heterocycles. The lowest BCUT2D eigenvalue weighted by molar-refractivity contribution is 0.304. The Morgan fingerprint density at radius 3 is 1.39 bits per heavy atom. The van der Waals surface area contributed by atoms with Crippen molar-refractivity contribution in [3.8, 4) is 93.6 Å². The van der Waals surface area contributed by atoms with Crippen molar-refractivity contribution in [2.75, 3.05) is 12.9 Å². The number of fused-ring (bicyclic) bond motifs is 7. The fraction of sp³-hybridized carbons (Fsp3) is 0.315. The van der Waals surface area contributed by atoms with Crippen molar-refractivity contribution in [3.63, 3.8) is 0 Å². The van der Waals surface area contributed by atoms with Crippen LogP contribution in [0.15, 0.2) is 197 Å². The molecule has 0 radical (unpaired) electrons. The number of hydrogen-bond acceptors (Lipinski definition) is 6. The summed E-state index contributed by atoms with van der Waals surface area (Å²) in [5.41, 5.74) is 11.5. The van der Waals surface area contributed by atoms with Gasteiger partial charge in [0.25, 0.3) is 0 Å². The van der Waals surface area contributed by atoms with Gasteiger partial charge in [0, 0.05) is 40.7 Å². The number of benzene rings is 14. The molecule has 0 bridgehead atoms. The molecule has 0 aliphatic rings. The standard InChI is InChI=1S/C108H106O6S2/c1-13-17-21-25-27-29-31-35-57-113-86-50-52-90-97(70-86)103(82-47-45-76-61-74(37-33-23-19-15-3)39-42-78(76)63-82)89-51-49-87(114-58-36-32-30-28-26-22-18-14-2)71-98(89)104(90)83-48-46-77-62-75(40-43-79(77)64-83)41-44-81-59-73(5)60-93-80(38-34-24-20-16-4)65-88(72-94(81)93)116(111,112)102-56-54-92-95-66-84(107(6,7)8)68-99-101(115(12,109)110)55-53-91(105(95)99)96-67-85(108(9,10)11)69-100(102)106(92)96/h1,39-40,42-43,45-56,59-72H,14-16,18-20,22-24,26,28,30,32-34,36-38,41,44,58H2,2-12H3. The van der Waals surface area contributed by atoms with Crippen LogP contribution >= 0.6 is 0 Å². The van der Waals surface area contributed by atoms with Crippen molar-refractivity contribution < 1.29 is 26.3 Å². The highest BCUT2D eigenvalue weighted by molar-refractivity contribution is 7.91. The van der Waals surface area contributed by atoms with E-state index in [9.17, 15) is 8.42 Å². The molecule has 6 nitrogen and oxygen atoms in total. The minimum atomic E-state index is -4.21. The fourth-order valence-electron chi connectivity index (χ4n) is 17.3. The molecule has 116 heavy (non-hydrogen) atoms. The summed E-state index contributed by atoms with van der Waals surface area (Å²) in [6, 6.07) is 64.9. The zero-order valence-electron chi connectivity index (χ0n) is 69.5. The minimum absolute atomic E-state index is 0.260. The maximum atomic E-state index is 16.3. The molecule has 0 fully saturated rings. The van der Waals surface area contributed by atoms with Crippen LogP contribution in [0.2, 0.25) is 0 Å². The number of ether oxygens (including phenoxy) is 2. The van der Waals surface area contributed by atoms with Crippen molar-refractivity contribution in [1.29, 1.82) is 0 Å². The van der Waals surface area contributed by atoms with Crippen molar-refractivity contribution in [2.24, 2.45) is 0 Å². The van der Waals surface area contributed by atoms with Crippen LogP contribution in [-0.4, -0.2) is 29.7 Å². The first-order valence-electron chi connectivity index (χ1n) is 42.0. The molecule has 8 heteroatoms. The number of hydrogen-bond donors (Lipinski definition) is 0. The highest BCUT2D eigenvalue weighted by Gasteiger charge is 2.30. The Hall–Kier alpha value is -11.0. The third-order valence-electron chi connectivity index (χ3n) is 23.5. The van der Waals surface area contributed by atoms with Crippen LogP contribution in [0, 0.1) is 66.8 Å². The third-order valence-corrected chi connectivity index (χ3v) is 26.4. The first-order valence-corrected chi connectivity index (χ1v) is 45.4. The van der Waals surface area contributed by atoms with Gasteiger partial charge in [-0.25, -0.2) is 16.8 Å². The SMILES string of the molecule is C#CC#CC#CC#CC#COc1ccc2c(-c3ccc4cc(CCc5cc(C)cc6c(CCCCCC)cc(S(=O)(=O)c7ccc8c9cc(C(C)(C)C)cc%10c(S(C)(=O)=O)ccc(c%11cc(C(C)(C)C)cc7c8%11)c%109)cc56)ccc4c3)c3cc(OCCCCCCCCCC)ccc3c(-c3ccc4cc(CCCCCC)ccc4c3)c2c1. The lowest BCUT2D eigenvalue weighted by Gasteiger charge is -2.25. The van der Waals surface area contributed by atoms with Gasteiger partial charge in [0.05, 0.1) is 21.3 Å². The average molecular weight is 1560 g/mol. The summed E-state index contributed by atoms with van der Waals surface area (Å²) in [7, 11) is -7.84. The molecule has 0 saturated carbocycles. The maximum Gasteiger partial charge on any atom is 0.207 e. The Labute approximate surface area is 688 Å². The van der Waals surface area contributed by atoms with E-state index in [4.69, 9.17) is 15.9 Å². The molecular weight excluding hydrogens is 1460 g/mol. The Balaban J connectivity index is 0.853. The van der Waals surface area contributed by atoms with Crippen LogP contribution in [0.5, 0.6) is 11.5 Å². The van der Waals surface area contributed by atoms with Crippen LogP contribution in [-0.2, 0) is 56.2 Å². The molecular formula is C108H106O6S2. The average Bonchev–Trinajstić information content (AvgIpc) is 0.702. The molecule has 14 aromatic carbocycles. The number of rotatable bonds is 29. The monoisotopic (exact) mass is 1560 g/mol. The second-order valence-corrected chi connectivity index (χ2v) is 38.0. The first kappa shape index (κ1) is 81.5. The molecule has 0 spiro atoms. The minimum Gasteiger partial charge on any atom is -0.494 e. The molecule has 0 N–H and O–H groups in total. The predicted molar refractivity (Wildman–Crippen MR) is 491 cm³/mol. The van der Waals surface area contributed by atoms with Gasteiger partial charge in [-0.05, 0) is 319 Å². The van der Waals surface area contributed by atoms with E-state index in [-0.39, 0.29) is 25.5 Å². The summed E-state index contributed by atoms with van der Waals surface area (Å²) in [5.74, 6) is 22.3. The van der Waals surface area contributed by atoms with E-state index < -0.39 is 19.7 Å². The second kappa shape index (κ2) is 35.2. The summed E-state index contributed by atoms with van der Waals surface area (Å²) in [6.07, 6.45) is 31.4. The molecule has 0 aliphatic heterocycles.